The molecule has 3 nitrogen and oxygen atoms in total. The molecule has 0 bridgehead atoms. The summed E-state index contributed by atoms with van der Waals surface area (Å²) in [6.07, 6.45) is 3.99. The van der Waals surface area contributed by atoms with Crippen molar-refractivity contribution in [1.82, 2.24) is 0 Å². The zero-order chi connectivity index (χ0) is 20.1. The van der Waals surface area contributed by atoms with Gasteiger partial charge in [0.25, 0.3) is 0 Å². The van der Waals surface area contributed by atoms with Gasteiger partial charge in [-0.05, 0) is 53.5 Å². The van der Waals surface area contributed by atoms with Crippen LogP contribution in [-0.2, 0) is 14.3 Å². The summed E-state index contributed by atoms with van der Waals surface area (Å²) in [5.74, 6) is 0.000793. The summed E-state index contributed by atoms with van der Waals surface area (Å²) in [4.78, 5) is 25.2. The van der Waals surface area contributed by atoms with Gasteiger partial charge in [0.05, 0.1) is 0 Å². The Balaban J connectivity index is 2.50. The molecule has 3 heteroatoms. The number of rotatable bonds is 2. The van der Waals surface area contributed by atoms with Gasteiger partial charge in [-0.15, -0.1) is 0 Å². The van der Waals surface area contributed by atoms with Crippen LogP contribution in [0.25, 0.3) is 0 Å². The van der Waals surface area contributed by atoms with E-state index in [1.807, 2.05) is 41.5 Å². The Hall–Kier alpha value is -1.64. The van der Waals surface area contributed by atoms with E-state index in [-0.39, 0.29) is 22.6 Å². The largest absolute Gasteiger partial charge is 0.455 e. The Morgan fingerprint density at radius 2 is 1.62 bits per heavy atom. The first-order valence-electron chi connectivity index (χ1n) is 9.53. The lowest BCUT2D eigenvalue weighted by Crippen LogP contribution is -2.58. The highest BCUT2D eigenvalue weighted by Crippen LogP contribution is 2.62. The molecule has 0 amide bonds. The van der Waals surface area contributed by atoms with Gasteiger partial charge in [-0.3, -0.25) is 4.79 Å². The van der Waals surface area contributed by atoms with Crippen LogP contribution in [0.1, 0.15) is 81.6 Å². The Morgan fingerprint density at radius 1 is 1.04 bits per heavy atom. The molecule has 0 aliphatic heterocycles. The summed E-state index contributed by atoms with van der Waals surface area (Å²) < 4.78 is 6.11. The second-order valence-electron chi connectivity index (χ2n) is 9.39. The highest BCUT2D eigenvalue weighted by atomic mass is 16.6. The molecule has 0 N–H and O–H groups in total. The summed E-state index contributed by atoms with van der Waals surface area (Å²) in [5.41, 5.74) is 3.75. The van der Waals surface area contributed by atoms with Crippen LogP contribution in [0, 0.1) is 10.8 Å². The SMILES string of the molecule is CC(C)=C(C)C(=O)O[C@]1(C)CC=C2CC(=O)C(=C(C)C)C[C@]2(C)C1(C)C. The van der Waals surface area contributed by atoms with E-state index in [0.29, 0.717) is 24.8 Å². The summed E-state index contributed by atoms with van der Waals surface area (Å²) in [7, 11) is 0. The van der Waals surface area contributed by atoms with Crippen molar-refractivity contribution in [3.8, 4) is 0 Å². The van der Waals surface area contributed by atoms with Crippen molar-refractivity contribution in [1.29, 1.82) is 0 Å². The van der Waals surface area contributed by atoms with E-state index >= 15 is 0 Å². The van der Waals surface area contributed by atoms with Crippen molar-refractivity contribution in [2.75, 3.05) is 0 Å². The number of hydrogen-bond acceptors (Lipinski definition) is 3. The van der Waals surface area contributed by atoms with Crippen LogP contribution in [0.5, 0.6) is 0 Å². The van der Waals surface area contributed by atoms with Gasteiger partial charge >= 0.3 is 5.97 Å². The first kappa shape index (κ1) is 20.7. The molecular weight excluding hydrogens is 324 g/mol. The minimum Gasteiger partial charge on any atom is -0.455 e. The van der Waals surface area contributed by atoms with Crippen LogP contribution in [-0.4, -0.2) is 17.4 Å². The van der Waals surface area contributed by atoms with Crippen LogP contribution in [0.3, 0.4) is 0 Å². The quantitative estimate of drug-likeness (QED) is 0.361. The predicted octanol–water partition coefficient (Wildman–Crippen LogP) is 5.71. The highest BCUT2D eigenvalue weighted by molar-refractivity contribution is 5.99. The molecule has 0 radical (unpaired) electrons. The van der Waals surface area contributed by atoms with Gasteiger partial charge < -0.3 is 4.74 Å². The summed E-state index contributed by atoms with van der Waals surface area (Å²) in [6, 6.07) is 0. The molecule has 2 aliphatic rings. The number of esters is 1. The van der Waals surface area contributed by atoms with Gasteiger partial charge in [0.1, 0.15) is 5.60 Å². The summed E-state index contributed by atoms with van der Waals surface area (Å²) in [5, 5.41) is 0. The van der Waals surface area contributed by atoms with Crippen molar-refractivity contribution in [2.45, 2.75) is 87.2 Å². The van der Waals surface area contributed by atoms with E-state index in [1.54, 1.807) is 0 Å². The summed E-state index contributed by atoms with van der Waals surface area (Å²) in [6.45, 7) is 18.3. The van der Waals surface area contributed by atoms with E-state index in [0.717, 1.165) is 16.7 Å². The molecule has 1 fully saturated rings. The van der Waals surface area contributed by atoms with Crippen molar-refractivity contribution < 1.29 is 14.3 Å². The molecule has 0 unspecified atom stereocenters. The monoisotopic (exact) mass is 358 g/mol. The standard InChI is InChI=1S/C23H34O3/c1-14(2)16(5)20(25)26-23(9)11-10-17-12-19(24)18(15(3)4)13-22(17,8)21(23,6)7/h10H,11-13H2,1-9H3/t22-,23+/m0/s1. The van der Waals surface area contributed by atoms with Gasteiger partial charge in [0.2, 0.25) is 0 Å². The van der Waals surface area contributed by atoms with E-state index in [9.17, 15) is 9.59 Å². The number of Topliss-reactive ketones (excluding diaryl/α,β-unsaturated/α-hetero) is 1. The number of carbonyl (C=O) groups is 2. The number of allylic oxidation sites excluding steroid dienone is 4. The maximum atomic E-state index is 12.7. The van der Waals surface area contributed by atoms with Crippen LogP contribution < -0.4 is 0 Å². The Morgan fingerprint density at radius 3 is 2.12 bits per heavy atom. The average molecular weight is 359 g/mol. The average Bonchev–Trinajstić information content (AvgIpc) is 2.52. The second kappa shape index (κ2) is 6.51. The zero-order valence-electron chi connectivity index (χ0n) is 17.9. The van der Waals surface area contributed by atoms with Gasteiger partial charge in [-0.1, -0.05) is 43.6 Å². The van der Waals surface area contributed by atoms with Gasteiger partial charge in [-0.25, -0.2) is 4.79 Å². The topological polar surface area (TPSA) is 43.4 Å². The Kier molecular flexibility index (Phi) is 5.17. The van der Waals surface area contributed by atoms with E-state index in [4.69, 9.17) is 4.74 Å². The fourth-order valence-corrected chi connectivity index (χ4v) is 4.23. The van der Waals surface area contributed by atoms with Crippen molar-refractivity contribution >= 4 is 11.8 Å². The lowest BCUT2D eigenvalue weighted by Gasteiger charge is -2.59. The molecule has 0 aromatic heterocycles. The molecule has 144 valence electrons. The summed E-state index contributed by atoms with van der Waals surface area (Å²) >= 11 is 0. The van der Waals surface area contributed by atoms with Crippen molar-refractivity contribution in [3.05, 3.63) is 33.9 Å². The van der Waals surface area contributed by atoms with Crippen LogP contribution in [0.2, 0.25) is 0 Å². The molecule has 1 saturated carbocycles. The van der Waals surface area contributed by atoms with E-state index in [1.165, 1.54) is 5.57 Å². The fraction of sp³-hybridized carbons (Fsp3) is 0.652. The third-order valence-electron chi connectivity index (χ3n) is 7.34. The number of hydrogen-bond donors (Lipinski definition) is 0. The molecule has 2 aliphatic carbocycles. The third kappa shape index (κ3) is 3.00. The molecule has 26 heavy (non-hydrogen) atoms. The first-order chi connectivity index (χ1) is 11.8. The molecule has 2 rings (SSSR count). The third-order valence-corrected chi connectivity index (χ3v) is 7.34. The maximum Gasteiger partial charge on any atom is 0.334 e. The van der Waals surface area contributed by atoms with Crippen molar-refractivity contribution in [3.63, 3.8) is 0 Å². The van der Waals surface area contributed by atoms with E-state index in [2.05, 4.69) is 26.8 Å². The minimum atomic E-state index is -0.619. The molecule has 0 aromatic carbocycles. The Bertz CT molecular complexity index is 739. The van der Waals surface area contributed by atoms with Gasteiger partial charge in [0, 0.05) is 29.2 Å². The fourth-order valence-electron chi connectivity index (χ4n) is 4.23. The first-order valence-corrected chi connectivity index (χ1v) is 9.53. The van der Waals surface area contributed by atoms with Gasteiger partial charge in [-0.2, -0.15) is 0 Å². The maximum absolute atomic E-state index is 12.7. The second-order valence-corrected chi connectivity index (χ2v) is 9.39. The smallest absolute Gasteiger partial charge is 0.334 e. The lowest BCUT2D eigenvalue weighted by atomic mass is 9.47. The van der Waals surface area contributed by atoms with Crippen LogP contribution >= 0.6 is 0 Å². The molecule has 0 spiro atoms. The number of ether oxygens (including phenoxy) is 1. The highest BCUT2D eigenvalue weighted by Gasteiger charge is 2.60. The van der Waals surface area contributed by atoms with Crippen molar-refractivity contribution in [2.24, 2.45) is 10.8 Å². The zero-order valence-corrected chi connectivity index (χ0v) is 17.9. The number of fused-ring (bicyclic) bond motifs is 1. The number of carbonyl (C=O) groups excluding carboxylic acids is 2. The molecular formula is C23H34O3. The van der Waals surface area contributed by atoms with Crippen LogP contribution in [0.4, 0.5) is 0 Å². The predicted molar refractivity (Wildman–Crippen MR) is 106 cm³/mol. The normalized spacial score (nSPS) is 30.3. The molecule has 0 saturated heterocycles. The molecule has 0 aromatic rings. The van der Waals surface area contributed by atoms with Gasteiger partial charge in [0.15, 0.2) is 5.78 Å². The van der Waals surface area contributed by atoms with E-state index < -0.39 is 5.60 Å². The lowest BCUT2D eigenvalue weighted by molar-refractivity contribution is -0.181. The van der Waals surface area contributed by atoms with Crippen LogP contribution in [0.15, 0.2) is 33.9 Å². The number of ketones is 1. The molecule has 2 atom stereocenters. The Labute approximate surface area is 158 Å². The minimum absolute atomic E-state index is 0.209. The molecule has 0 heterocycles.